The molecule has 0 aromatic heterocycles. The zero-order valence-electron chi connectivity index (χ0n) is 24.3. The van der Waals surface area contributed by atoms with Crippen LogP contribution in [0.2, 0.25) is 0 Å². The topological polar surface area (TPSA) is 97.4 Å². The number of nitrogens with zero attached hydrogens (tertiary/aromatic N) is 2. The molecule has 1 saturated heterocycles. The summed E-state index contributed by atoms with van der Waals surface area (Å²) in [4.78, 5) is 14.8. The molecular formula is C30H42FN3O6S. The van der Waals surface area contributed by atoms with Crippen LogP contribution in [-0.4, -0.2) is 84.2 Å². The minimum absolute atomic E-state index is 0.105. The van der Waals surface area contributed by atoms with Gasteiger partial charge in [-0.25, -0.2) is 12.8 Å². The van der Waals surface area contributed by atoms with Crippen molar-refractivity contribution in [3.63, 3.8) is 0 Å². The van der Waals surface area contributed by atoms with Gasteiger partial charge in [0.15, 0.2) is 11.5 Å². The molecule has 2 atom stereocenters. The van der Waals surface area contributed by atoms with Gasteiger partial charge in [-0.2, -0.15) is 4.31 Å². The Bertz CT molecular complexity index is 1280. The van der Waals surface area contributed by atoms with Crippen LogP contribution in [0, 0.1) is 17.7 Å². The third-order valence-electron chi connectivity index (χ3n) is 8.22. The molecule has 226 valence electrons. The Morgan fingerprint density at radius 2 is 1.78 bits per heavy atom. The summed E-state index contributed by atoms with van der Waals surface area (Å²) >= 11 is 0. The van der Waals surface area contributed by atoms with E-state index in [0.29, 0.717) is 42.8 Å². The number of nitrogens with one attached hydrogen (secondary N) is 1. The molecule has 1 heterocycles. The number of halogens is 1. The molecule has 11 heteroatoms. The summed E-state index contributed by atoms with van der Waals surface area (Å²) in [6.45, 7) is 0.987. The average Bonchev–Trinajstić information content (AvgIpc) is 3.45. The fraction of sp³-hybridized carbons (Fsp3) is 0.567. The molecule has 1 N–H and O–H groups in total. The molecule has 2 aliphatic rings. The van der Waals surface area contributed by atoms with E-state index < -0.39 is 10.0 Å². The molecule has 2 aromatic rings. The molecule has 1 amide bonds. The predicted octanol–water partition coefficient (Wildman–Crippen LogP) is 3.85. The Morgan fingerprint density at radius 1 is 1.05 bits per heavy atom. The number of amides is 1. The van der Waals surface area contributed by atoms with E-state index in [0.717, 1.165) is 31.2 Å². The Hall–Kier alpha value is -2.73. The maximum atomic E-state index is 13.8. The molecule has 2 aromatic carbocycles. The van der Waals surface area contributed by atoms with E-state index in [4.69, 9.17) is 14.2 Å². The summed E-state index contributed by atoms with van der Waals surface area (Å²) in [5, 5.41) is 2.99. The lowest BCUT2D eigenvalue weighted by Crippen LogP contribution is -2.37. The van der Waals surface area contributed by atoms with Crippen molar-refractivity contribution in [2.45, 2.75) is 49.1 Å². The monoisotopic (exact) mass is 591 g/mol. The standard InChI is InChI=1S/C30H42FN3O6S/c1-33(2)30(23-6-5-7-24(31)16-23)22-10-8-21(9-11-22)18-32-29(35)20-40-25-14-15-34(19-25)41(36,37)26-12-13-27(38-3)28(17-26)39-4/h5-7,12-13,16-17,21-22,25,30H,8-11,14-15,18-20H2,1-4H3,(H,32,35). The Balaban J connectivity index is 1.20. The molecule has 9 nitrogen and oxygen atoms in total. The van der Waals surface area contributed by atoms with Crippen LogP contribution in [0.1, 0.15) is 43.7 Å². The smallest absolute Gasteiger partial charge is 0.246 e. The SMILES string of the molecule is COc1ccc(S(=O)(=O)N2CCC(OCC(=O)NCC3CCC(C(c4cccc(F)c4)N(C)C)CC3)C2)cc1OC. The van der Waals surface area contributed by atoms with Gasteiger partial charge < -0.3 is 24.4 Å². The minimum Gasteiger partial charge on any atom is -0.493 e. The van der Waals surface area contributed by atoms with Gasteiger partial charge in [0.25, 0.3) is 0 Å². The van der Waals surface area contributed by atoms with Gasteiger partial charge in [-0.3, -0.25) is 4.79 Å². The van der Waals surface area contributed by atoms with Crippen LogP contribution in [-0.2, 0) is 19.6 Å². The van der Waals surface area contributed by atoms with Gasteiger partial charge in [-0.15, -0.1) is 0 Å². The van der Waals surface area contributed by atoms with Crippen molar-refractivity contribution in [2.24, 2.45) is 11.8 Å². The maximum Gasteiger partial charge on any atom is 0.246 e. The average molecular weight is 592 g/mol. The Kier molecular flexibility index (Phi) is 10.6. The van der Waals surface area contributed by atoms with E-state index in [1.165, 1.54) is 36.7 Å². The van der Waals surface area contributed by atoms with Gasteiger partial charge in [0, 0.05) is 31.7 Å². The lowest BCUT2D eigenvalue weighted by Gasteiger charge is -2.37. The van der Waals surface area contributed by atoms with E-state index in [9.17, 15) is 17.6 Å². The van der Waals surface area contributed by atoms with E-state index in [1.54, 1.807) is 18.2 Å². The molecule has 2 fully saturated rings. The number of rotatable bonds is 12. The molecule has 1 saturated carbocycles. The van der Waals surface area contributed by atoms with E-state index in [1.807, 2.05) is 20.2 Å². The molecule has 1 aliphatic carbocycles. The first-order valence-electron chi connectivity index (χ1n) is 14.1. The van der Waals surface area contributed by atoms with Crippen molar-refractivity contribution in [1.82, 2.24) is 14.5 Å². The van der Waals surface area contributed by atoms with Crippen molar-refractivity contribution in [1.29, 1.82) is 0 Å². The third-order valence-corrected chi connectivity index (χ3v) is 10.1. The quantitative estimate of drug-likeness (QED) is 0.401. The molecule has 4 rings (SSSR count). The number of benzene rings is 2. The number of methoxy groups -OCH3 is 2. The summed E-state index contributed by atoms with van der Waals surface area (Å²) in [5.74, 6) is 1.21. The van der Waals surface area contributed by atoms with Crippen LogP contribution in [0.4, 0.5) is 4.39 Å². The summed E-state index contributed by atoms with van der Waals surface area (Å²) < 4.78 is 57.7. The van der Waals surface area contributed by atoms with Crippen LogP contribution >= 0.6 is 0 Å². The summed E-state index contributed by atoms with van der Waals surface area (Å²) in [6, 6.07) is 11.5. The van der Waals surface area contributed by atoms with Gasteiger partial charge in [0.05, 0.1) is 25.2 Å². The summed E-state index contributed by atoms with van der Waals surface area (Å²) in [7, 11) is 3.30. The van der Waals surface area contributed by atoms with Crippen molar-refractivity contribution in [3.8, 4) is 11.5 Å². The second-order valence-electron chi connectivity index (χ2n) is 11.1. The maximum absolute atomic E-state index is 13.8. The second kappa shape index (κ2) is 14.0. The van der Waals surface area contributed by atoms with Crippen LogP contribution in [0.5, 0.6) is 11.5 Å². The van der Waals surface area contributed by atoms with Crippen LogP contribution < -0.4 is 14.8 Å². The second-order valence-corrected chi connectivity index (χ2v) is 13.1. The van der Waals surface area contributed by atoms with Crippen molar-refractivity contribution in [3.05, 3.63) is 53.8 Å². The predicted molar refractivity (Wildman–Crippen MR) is 154 cm³/mol. The first kappa shape index (κ1) is 31.2. The van der Waals surface area contributed by atoms with Gasteiger partial charge in [-0.05, 0) is 87.9 Å². The highest BCUT2D eigenvalue weighted by molar-refractivity contribution is 7.89. The highest BCUT2D eigenvalue weighted by Gasteiger charge is 2.34. The zero-order chi connectivity index (χ0) is 29.6. The lowest BCUT2D eigenvalue weighted by molar-refractivity contribution is -0.127. The van der Waals surface area contributed by atoms with E-state index >= 15 is 0 Å². The summed E-state index contributed by atoms with van der Waals surface area (Å²) in [6.07, 6.45) is 4.19. The largest absolute Gasteiger partial charge is 0.493 e. The van der Waals surface area contributed by atoms with Crippen LogP contribution in [0.3, 0.4) is 0 Å². The zero-order valence-corrected chi connectivity index (χ0v) is 25.2. The van der Waals surface area contributed by atoms with Gasteiger partial charge in [0.1, 0.15) is 12.4 Å². The van der Waals surface area contributed by atoms with Crippen LogP contribution in [0.15, 0.2) is 47.4 Å². The van der Waals surface area contributed by atoms with Crippen molar-refractivity contribution < 1.29 is 31.8 Å². The number of hydrogen-bond donors (Lipinski definition) is 1. The fourth-order valence-electron chi connectivity index (χ4n) is 6.07. The normalized spacial score (nSPS) is 22.4. The molecular weight excluding hydrogens is 549 g/mol. The molecule has 2 unspecified atom stereocenters. The Morgan fingerprint density at radius 3 is 2.44 bits per heavy atom. The fourth-order valence-corrected chi connectivity index (χ4v) is 7.57. The van der Waals surface area contributed by atoms with Crippen molar-refractivity contribution in [2.75, 3.05) is 54.6 Å². The first-order chi connectivity index (χ1) is 19.6. The molecule has 0 radical (unpaired) electrons. The number of sulfonamides is 1. The Labute approximate surface area is 243 Å². The molecule has 0 spiro atoms. The van der Waals surface area contributed by atoms with Crippen molar-refractivity contribution >= 4 is 15.9 Å². The van der Waals surface area contributed by atoms with E-state index in [2.05, 4.69) is 10.2 Å². The van der Waals surface area contributed by atoms with E-state index in [-0.39, 0.29) is 41.9 Å². The molecule has 41 heavy (non-hydrogen) atoms. The van der Waals surface area contributed by atoms with Crippen LogP contribution in [0.25, 0.3) is 0 Å². The molecule has 1 aliphatic heterocycles. The van der Waals surface area contributed by atoms with Gasteiger partial charge in [-0.1, -0.05) is 12.1 Å². The number of carbonyl (C=O) groups excluding carboxylic acids is 1. The highest BCUT2D eigenvalue weighted by atomic mass is 32.2. The lowest BCUT2D eigenvalue weighted by atomic mass is 9.76. The summed E-state index contributed by atoms with van der Waals surface area (Å²) in [5.41, 5.74) is 1.01. The van der Waals surface area contributed by atoms with Gasteiger partial charge >= 0.3 is 0 Å². The highest BCUT2D eigenvalue weighted by Crippen LogP contribution is 2.39. The first-order valence-corrected chi connectivity index (χ1v) is 15.6. The number of hydrogen-bond acceptors (Lipinski definition) is 7. The minimum atomic E-state index is -3.73. The number of carbonyl (C=O) groups is 1. The number of ether oxygens (including phenoxy) is 3. The molecule has 0 bridgehead atoms. The third kappa shape index (κ3) is 7.77. The van der Waals surface area contributed by atoms with Gasteiger partial charge in [0.2, 0.25) is 15.9 Å².